The Bertz CT molecular complexity index is 1070. The van der Waals surface area contributed by atoms with E-state index in [-0.39, 0.29) is 36.3 Å². The van der Waals surface area contributed by atoms with Crippen molar-refractivity contribution in [1.29, 1.82) is 0 Å². The predicted molar refractivity (Wildman–Crippen MR) is 103 cm³/mol. The van der Waals surface area contributed by atoms with Crippen molar-refractivity contribution < 1.29 is 9.18 Å². The van der Waals surface area contributed by atoms with Gasteiger partial charge in [0.1, 0.15) is 5.82 Å². The third-order valence-corrected chi connectivity index (χ3v) is 5.78. The Balaban J connectivity index is 1.45. The average Bonchev–Trinajstić information content (AvgIpc) is 2.68. The van der Waals surface area contributed by atoms with Crippen molar-refractivity contribution >= 4 is 28.6 Å². The van der Waals surface area contributed by atoms with Gasteiger partial charge >= 0.3 is 0 Å². The third kappa shape index (κ3) is 3.73. The van der Waals surface area contributed by atoms with Gasteiger partial charge < -0.3 is 5.32 Å². The Morgan fingerprint density at radius 2 is 2.15 bits per heavy atom. The van der Waals surface area contributed by atoms with Crippen molar-refractivity contribution in [2.75, 3.05) is 5.75 Å². The van der Waals surface area contributed by atoms with Gasteiger partial charge in [-0.15, -0.1) is 11.8 Å². The minimum absolute atomic E-state index is 0.158. The highest BCUT2D eigenvalue weighted by molar-refractivity contribution is 7.99. The summed E-state index contributed by atoms with van der Waals surface area (Å²) in [5.74, 6) is 0.406. The summed E-state index contributed by atoms with van der Waals surface area (Å²) in [5.41, 5.74) is 1.31. The van der Waals surface area contributed by atoms with Gasteiger partial charge in [-0.05, 0) is 42.3 Å². The average molecular weight is 383 g/mol. The van der Waals surface area contributed by atoms with Crippen LogP contribution in [0.25, 0.3) is 10.9 Å². The second kappa shape index (κ2) is 7.52. The molecule has 2 heterocycles. The van der Waals surface area contributed by atoms with Crippen LogP contribution in [0.4, 0.5) is 4.39 Å². The lowest BCUT2D eigenvalue weighted by molar-refractivity contribution is -0.122. The van der Waals surface area contributed by atoms with Gasteiger partial charge in [0.15, 0.2) is 0 Å². The first kappa shape index (κ1) is 17.7. The van der Waals surface area contributed by atoms with Gasteiger partial charge in [0.2, 0.25) is 5.91 Å². The number of hydrogen-bond acceptors (Lipinski definition) is 4. The lowest BCUT2D eigenvalue weighted by Crippen LogP contribution is -2.32. The first-order valence-electron chi connectivity index (χ1n) is 8.77. The van der Waals surface area contributed by atoms with Crippen LogP contribution < -0.4 is 10.9 Å². The quantitative estimate of drug-likeness (QED) is 0.751. The number of para-hydroxylation sites is 1. The number of benzene rings is 2. The molecular formula is C20H18FN3O2S. The molecule has 3 aromatic rings. The van der Waals surface area contributed by atoms with E-state index >= 15 is 0 Å². The molecule has 0 fully saturated rings. The van der Waals surface area contributed by atoms with Gasteiger partial charge in [0, 0.05) is 23.6 Å². The molecule has 0 radical (unpaired) electrons. The largest absolute Gasteiger partial charge is 0.349 e. The van der Waals surface area contributed by atoms with E-state index < -0.39 is 0 Å². The number of hydrogen-bond donors (Lipinski definition) is 1. The number of rotatable bonds is 4. The van der Waals surface area contributed by atoms with Crippen molar-refractivity contribution in [2.24, 2.45) is 0 Å². The molecule has 0 saturated heterocycles. The summed E-state index contributed by atoms with van der Waals surface area (Å²) < 4.78 is 15.0. The zero-order valence-electron chi connectivity index (χ0n) is 14.5. The van der Waals surface area contributed by atoms with E-state index in [2.05, 4.69) is 10.3 Å². The first-order chi connectivity index (χ1) is 13.1. The van der Waals surface area contributed by atoms with E-state index in [0.29, 0.717) is 10.9 Å². The molecule has 0 spiro atoms. The van der Waals surface area contributed by atoms with Crippen LogP contribution in [0.1, 0.15) is 24.4 Å². The van der Waals surface area contributed by atoms with Crippen molar-refractivity contribution in [2.45, 2.75) is 30.3 Å². The zero-order valence-corrected chi connectivity index (χ0v) is 15.3. The topological polar surface area (TPSA) is 64.0 Å². The Labute approximate surface area is 159 Å². The standard InChI is InChI=1S/C20H18FN3O2S/c21-13-5-6-18-15(11-13)17(8-10-27-18)23-19(25)7-9-24-12-22-16-4-2-1-3-14(16)20(24)26/h1-6,11-12,17H,7-10H2,(H,23,25). The third-order valence-electron chi connectivity index (χ3n) is 4.66. The second-order valence-corrected chi connectivity index (χ2v) is 7.59. The number of aryl methyl sites for hydroxylation is 1. The molecular weight excluding hydrogens is 365 g/mol. The molecule has 138 valence electrons. The number of nitrogens with one attached hydrogen (secondary N) is 1. The van der Waals surface area contributed by atoms with Crippen LogP contribution in [0.3, 0.4) is 0 Å². The Kier molecular flexibility index (Phi) is 4.94. The molecule has 4 rings (SSSR count). The summed E-state index contributed by atoms with van der Waals surface area (Å²) in [6.45, 7) is 0.250. The molecule has 1 aromatic heterocycles. The number of amides is 1. The van der Waals surface area contributed by atoms with E-state index in [1.165, 1.54) is 23.0 Å². The van der Waals surface area contributed by atoms with Gasteiger partial charge in [0.05, 0.1) is 23.3 Å². The van der Waals surface area contributed by atoms with Crippen LogP contribution in [0, 0.1) is 5.82 Å². The van der Waals surface area contributed by atoms with Gasteiger partial charge in [-0.2, -0.15) is 0 Å². The highest BCUT2D eigenvalue weighted by atomic mass is 32.2. The molecule has 1 amide bonds. The molecule has 1 aliphatic rings. The van der Waals surface area contributed by atoms with E-state index in [9.17, 15) is 14.0 Å². The van der Waals surface area contributed by atoms with Gasteiger partial charge in [-0.1, -0.05) is 12.1 Å². The molecule has 1 aliphatic heterocycles. The summed E-state index contributed by atoms with van der Waals surface area (Å²) in [6.07, 6.45) is 2.39. The maximum atomic E-state index is 13.6. The normalized spacial score (nSPS) is 16.1. The molecule has 1 unspecified atom stereocenters. The maximum Gasteiger partial charge on any atom is 0.261 e. The SMILES string of the molecule is O=C(CCn1cnc2ccccc2c1=O)NC1CCSc2ccc(F)cc21. The summed E-state index contributed by atoms with van der Waals surface area (Å²) in [6, 6.07) is 11.6. The fraction of sp³-hybridized carbons (Fsp3) is 0.250. The number of carbonyl (C=O) groups excluding carboxylic acids is 1. The maximum absolute atomic E-state index is 13.6. The van der Waals surface area contributed by atoms with E-state index in [1.807, 2.05) is 6.07 Å². The van der Waals surface area contributed by atoms with Crippen LogP contribution in [-0.4, -0.2) is 21.2 Å². The number of nitrogens with zero attached hydrogens (tertiary/aromatic N) is 2. The molecule has 0 bridgehead atoms. The lowest BCUT2D eigenvalue weighted by atomic mass is 10.0. The number of halogens is 1. The molecule has 1 atom stereocenters. The molecule has 1 N–H and O–H groups in total. The van der Waals surface area contributed by atoms with Crippen LogP contribution in [0.15, 0.2) is 58.5 Å². The monoisotopic (exact) mass is 383 g/mol. The van der Waals surface area contributed by atoms with Crippen molar-refractivity contribution in [3.63, 3.8) is 0 Å². The summed E-state index contributed by atoms with van der Waals surface area (Å²) >= 11 is 1.67. The van der Waals surface area contributed by atoms with Gasteiger partial charge in [-0.25, -0.2) is 9.37 Å². The van der Waals surface area contributed by atoms with Gasteiger partial charge in [0.25, 0.3) is 5.56 Å². The number of aromatic nitrogens is 2. The Morgan fingerprint density at radius 1 is 1.30 bits per heavy atom. The number of fused-ring (bicyclic) bond motifs is 2. The van der Waals surface area contributed by atoms with Crippen LogP contribution >= 0.6 is 11.8 Å². The number of thioether (sulfide) groups is 1. The van der Waals surface area contributed by atoms with Gasteiger partial charge in [-0.3, -0.25) is 14.2 Å². The minimum Gasteiger partial charge on any atom is -0.349 e. The smallest absolute Gasteiger partial charge is 0.261 e. The van der Waals surface area contributed by atoms with Crippen LogP contribution in [0.5, 0.6) is 0 Å². The van der Waals surface area contributed by atoms with Crippen molar-refractivity contribution in [3.8, 4) is 0 Å². The Morgan fingerprint density at radius 3 is 3.04 bits per heavy atom. The predicted octanol–water partition coefficient (Wildman–Crippen LogP) is 3.28. The summed E-state index contributed by atoms with van der Waals surface area (Å²) in [4.78, 5) is 30.2. The van der Waals surface area contributed by atoms with Crippen molar-refractivity contribution in [1.82, 2.24) is 14.9 Å². The molecule has 2 aromatic carbocycles. The molecule has 7 heteroatoms. The highest BCUT2D eigenvalue weighted by Crippen LogP contribution is 2.36. The first-order valence-corrected chi connectivity index (χ1v) is 9.76. The summed E-state index contributed by atoms with van der Waals surface area (Å²) in [5, 5.41) is 3.51. The number of carbonyl (C=O) groups is 1. The fourth-order valence-corrected chi connectivity index (χ4v) is 4.37. The van der Waals surface area contributed by atoms with E-state index in [1.54, 1.807) is 36.0 Å². The van der Waals surface area contributed by atoms with Crippen LogP contribution in [-0.2, 0) is 11.3 Å². The Hall–Kier alpha value is -2.67. The van der Waals surface area contributed by atoms with Crippen molar-refractivity contribution in [3.05, 3.63) is 70.5 Å². The molecule has 5 nitrogen and oxygen atoms in total. The minimum atomic E-state index is -0.302. The fourth-order valence-electron chi connectivity index (χ4n) is 3.27. The molecule has 27 heavy (non-hydrogen) atoms. The second-order valence-electron chi connectivity index (χ2n) is 6.45. The van der Waals surface area contributed by atoms with E-state index in [0.717, 1.165) is 22.6 Å². The van der Waals surface area contributed by atoms with E-state index in [4.69, 9.17) is 0 Å². The molecule has 0 aliphatic carbocycles. The summed E-state index contributed by atoms with van der Waals surface area (Å²) in [7, 11) is 0. The zero-order chi connectivity index (χ0) is 18.8. The highest BCUT2D eigenvalue weighted by Gasteiger charge is 2.22. The van der Waals surface area contributed by atoms with Crippen LogP contribution in [0.2, 0.25) is 0 Å². The lowest BCUT2D eigenvalue weighted by Gasteiger charge is -2.26. The molecule has 0 saturated carbocycles.